The Morgan fingerprint density at radius 3 is 2.58 bits per heavy atom. The van der Waals surface area contributed by atoms with Gasteiger partial charge < -0.3 is 9.73 Å². The van der Waals surface area contributed by atoms with E-state index >= 15 is 0 Å². The van der Waals surface area contributed by atoms with Crippen LogP contribution in [0.3, 0.4) is 0 Å². The molecular weight excluding hydrogens is 324 g/mol. The van der Waals surface area contributed by atoms with Crippen LogP contribution in [-0.2, 0) is 6.42 Å². The fraction of sp³-hybridized carbons (Fsp3) is 0.0909. The lowest BCUT2D eigenvalue weighted by Crippen LogP contribution is -2.13. The summed E-state index contributed by atoms with van der Waals surface area (Å²) in [6.45, 7) is 1.92. The van der Waals surface area contributed by atoms with E-state index in [9.17, 15) is 4.79 Å². The molecule has 0 aliphatic heterocycles. The third-order valence-corrected chi connectivity index (χ3v) is 4.28. The van der Waals surface area contributed by atoms with Crippen LogP contribution in [0.25, 0.3) is 11.1 Å². The molecule has 1 aromatic heterocycles. The first-order chi connectivity index (χ1) is 12.7. The Labute approximate surface area is 151 Å². The predicted molar refractivity (Wildman–Crippen MR) is 102 cm³/mol. The van der Waals surface area contributed by atoms with Gasteiger partial charge in [-0.25, -0.2) is 4.98 Å². The zero-order valence-corrected chi connectivity index (χ0v) is 14.4. The third-order valence-electron chi connectivity index (χ3n) is 4.28. The van der Waals surface area contributed by atoms with Crippen molar-refractivity contribution < 1.29 is 9.21 Å². The molecule has 0 atom stereocenters. The van der Waals surface area contributed by atoms with Gasteiger partial charge in [0.15, 0.2) is 11.5 Å². The van der Waals surface area contributed by atoms with Crippen molar-refractivity contribution in [3.8, 4) is 0 Å². The van der Waals surface area contributed by atoms with Crippen LogP contribution < -0.4 is 5.32 Å². The monoisotopic (exact) mass is 342 g/mol. The van der Waals surface area contributed by atoms with E-state index in [1.807, 2.05) is 79.7 Å². The summed E-state index contributed by atoms with van der Waals surface area (Å²) in [4.78, 5) is 17.0. The van der Waals surface area contributed by atoms with Crippen LogP contribution in [-0.4, -0.2) is 10.9 Å². The zero-order valence-electron chi connectivity index (χ0n) is 14.4. The minimum atomic E-state index is -0.129. The Kier molecular flexibility index (Phi) is 4.23. The van der Waals surface area contributed by atoms with E-state index in [-0.39, 0.29) is 5.91 Å². The van der Waals surface area contributed by atoms with Gasteiger partial charge in [-0.3, -0.25) is 4.79 Å². The van der Waals surface area contributed by atoms with Crippen molar-refractivity contribution in [2.24, 2.45) is 0 Å². The van der Waals surface area contributed by atoms with Gasteiger partial charge >= 0.3 is 0 Å². The van der Waals surface area contributed by atoms with Crippen molar-refractivity contribution in [2.45, 2.75) is 13.3 Å². The summed E-state index contributed by atoms with van der Waals surface area (Å²) in [5, 5.41) is 2.93. The number of fused-ring (bicyclic) bond motifs is 1. The Balaban J connectivity index is 1.56. The van der Waals surface area contributed by atoms with Crippen molar-refractivity contribution in [1.29, 1.82) is 0 Å². The number of nitrogens with zero attached hydrogens (tertiary/aromatic N) is 1. The molecule has 0 aliphatic carbocycles. The number of amides is 1. The molecule has 1 heterocycles. The second-order valence-electron chi connectivity index (χ2n) is 6.22. The molecule has 0 aliphatic rings. The van der Waals surface area contributed by atoms with Crippen LogP contribution in [0.4, 0.5) is 5.69 Å². The number of nitrogens with one attached hydrogen (secondary N) is 1. The molecule has 4 nitrogen and oxygen atoms in total. The number of rotatable bonds is 4. The van der Waals surface area contributed by atoms with E-state index < -0.39 is 0 Å². The Morgan fingerprint density at radius 1 is 1.00 bits per heavy atom. The third kappa shape index (κ3) is 3.35. The molecule has 1 amide bonds. The summed E-state index contributed by atoms with van der Waals surface area (Å²) in [5.41, 5.74) is 4.90. The van der Waals surface area contributed by atoms with Crippen molar-refractivity contribution in [2.75, 3.05) is 5.32 Å². The summed E-state index contributed by atoms with van der Waals surface area (Å²) in [7, 11) is 0. The molecule has 4 rings (SSSR count). The van der Waals surface area contributed by atoms with E-state index in [2.05, 4.69) is 10.3 Å². The molecule has 128 valence electrons. The first-order valence-electron chi connectivity index (χ1n) is 8.49. The van der Waals surface area contributed by atoms with Crippen LogP contribution in [0.15, 0.2) is 77.2 Å². The summed E-state index contributed by atoms with van der Waals surface area (Å²) in [6.07, 6.45) is 0.639. The number of aromatic nitrogens is 1. The lowest BCUT2D eigenvalue weighted by Gasteiger charge is -2.07. The van der Waals surface area contributed by atoms with Crippen molar-refractivity contribution in [3.05, 3.63) is 95.4 Å². The minimum Gasteiger partial charge on any atom is -0.440 e. The Hall–Kier alpha value is -3.40. The standard InChI is InChI=1S/C22H18N2O2/c1-15-7-5-6-10-18(15)22(25)23-17-11-12-20-19(14-17)24-21(26-20)13-16-8-3-2-4-9-16/h2-12,14H,13H2,1H3,(H,23,25). The molecular formula is C22H18N2O2. The molecule has 3 aromatic carbocycles. The number of carbonyl (C=O) groups is 1. The van der Waals surface area contributed by atoms with Crippen molar-refractivity contribution in [1.82, 2.24) is 4.98 Å². The van der Waals surface area contributed by atoms with Gasteiger partial charge in [0, 0.05) is 17.7 Å². The topological polar surface area (TPSA) is 55.1 Å². The van der Waals surface area contributed by atoms with Gasteiger partial charge in [0.2, 0.25) is 0 Å². The van der Waals surface area contributed by atoms with Gasteiger partial charge in [-0.15, -0.1) is 0 Å². The van der Waals surface area contributed by atoms with Crippen LogP contribution >= 0.6 is 0 Å². The van der Waals surface area contributed by atoms with Crippen molar-refractivity contribution in [3.63, 3.8) is 0 Å². The van der Waals surface area contributed by atoms with Crippen LogP contribution in [0.5, 0.6) is 0 Å². The molecule has 0 radical (unpaired) electrons. The van der Waals surface area contributed by atoms with Crippen LogP contribution in [0, 0.1) is 6.92 Å². The minimum absolute atomic E-state index is 0.129. The molecule has 0 bridgehead atoms. The number of carbonyl (C=O) groups excluding carboxylic acids is 1. The summed E-state index contributed by atoms with van der Waals surface area (Å²) >= 11 is 0. The lowest BCUT2D eigenvalue weighted by atomic mass is 10.1. The van der Waals surface area contributed by atoms with E-state index in [0.29, 0.717) is 29.1 Å². The maximum atomic E-state index is 12.5. The van der Waals surface area contributed by atoms with E-state index in [1.54, 1.807) is 0 Å². The molecule has 0 unspecified atom stereocenters. The van der Waals surface area contributed by atoms with Gasteiger partial charge in [-0.05, 0) is 42.3 Å². The van der Waals surface area contributed by atoms with Crippen molar-refractivity contribution >= 4 is 22.7 Å². The predicted octanol–water partition coefficient (Wildman–Crippen LogP) is 4.98. The quantitative estimate of drug-likeness (QED) is 0.569. The SMILES string of the molecule is Cc1ccccc1C(=O)Nc1ccc2oc(Cc3ccccc3)nc2c1. The number of hydrogen-bond acceptors (Lipinski definition) is 3. The summed E-state index contributed by atoms with van der Waals surface area (Å²) < 4.78 is 5.81. The highest BCUT2D eigenvalue weighted by molar-refractivity contribution is 6.05. The molecule has 0 saturated carbocycles. The number of hydrogen-bond donors (Lipinski definition) is 1. The number of aryl methyl sites for hydroxylation is 1. The second kappa shape index (κ2) is 6.84. The smallest absolute Gasteiger partial charge is 0.255 e. The second-order valence-corrected chi connectivity index (χ2v) is 6.22. The van der Waals surface area contributed by atoms with Gasteiger partial charge in [-0.1, -0.05) is 48.5 Å². The highest BCUT2D eigenvalue weighted by Crippen LogP contribution is 2.22. The lowest BCUT2D eigenvalue weighted by molar-refractivity contribution is 0.102. The average Bonchev–Trinajstić information content (AvgIpc) is 3.04. The molecule has 0 fully saturated rings. The Bertz CT molecular complexity index is 1070. The number of oxazole rings is 1. The fourth-order valence-corrected chi connectivity index (χ4v) is 2.93. The normalized spacial score (nSPS) is 10.8. The molecule has 26 heavy (non-hydrogen) atoms. The maximum absolute atomic E-state index is 12.5. The maximum Gasteiger partial charge on any atom is 0.255 e. The molecule has 0 spiro atoms. The van der Waals surface area contributed by atoms with E-state index in [1.165, 1.54) is 0 Å². The first-order valence-corrected chi connectivity index (χ1v) is 8.49. The van der Waals surface area contributed by atoms with Crippen LogP contribution in [0.1, 0.15) is 27.4 Å². The molecule has 0 saturated heterocycles. The highest BCUT2D eigenvalue weighted by atomic mass is 16.3. The molecule has 1 N–H and O–H groups in total. The number of anilines is 1. The van der Waals surface area contributed by atoms with E-state index in [0.717, 1.165) is 16.6 Å². The van der Waals surface area contributed by atoms with E-state index in [4.69, 9.17) is 4.42 Å². The van der Waals surface area contributed by atoms with Gasteiger partial charge in [0.1, 0.15) is 5.52 Å². The largest absolute Gasteiger partial charge is 0.440 e. The van der Waals surface area contributed by atoms with Gasteiger partial charge in [0.25, 0.3) is 5.91 Å². The number of benzene rings is 3. The summed E-state index contributed by atoms with van der Waals surface area (Å²) in [5.74, 6) is 0.532. The molecule has 4 aromatic rings. The molecule has 4 heteroatoms. The Morgan fingerprint density at radius 2 is 1.77 bits per heavy atom. The van der Waals surface area contributed by atoms with Crippen LogP contribution in [0.2, 0.25) is 0 Å². The fourth-order valence-electron chi connectivity index (χ4n) is 2.93. The first kappa shape index (κ1) is 16.1. The highest BCUT2D eigenvalue weighted by Gasteiger charge is 2.11. The zero-order chi connectivity index (χ0) is 17.9. The summed E-state index contributed by atoms with van der Waals surface area (Å²) in [6, 6.07) is 23.1. The van der Waals surface area contributed by atoms with Gasteiger partial charge in [-0.2, -0.15) is 0 Å². The van der Waals surface area contributed by atoms with Gasteiger partial charge in [0.05, 0.1) is 0 Å². The average molecular weight is 342 g/mol.